The van der Waals surface area contributed by atoms with Gasteiger partial charge in [0.15, 0.2) is 0 Å². The standard InChI is InChI=1S/C16H21N3O/c20-16(14-6-2-1-3-7-14)13-18-10-4-8-15(18)12-19-11-5-9-17-19/h1-3,5-7,9,11,15-16,20H,4,8,10,12-13H2/t15-,16-/m0/s1. The van der Waals surface area contributed by atoms with E-state index in [1.165, 1.54) is 12.8 Å². The molecule has 1 fully saturated rings. The van der Waals surface area contributed by atoms with E-state index in [4.69, 9.17) is 0 Å². The monoisotopic (exact) mass is 271 g/mol. The minimum absolute atomic E-state index is 0.408. The Bertz CT molecular complexity index is 512. The van der Waals surface area contributed by atoms with Crippen molar-refractivity contribution in [2.75, 3.05) is 13.1 Å². The number of aliphatic hydroxyl groups is 1. The molecule has 1 aliphatic heterocycles. The quantitative estimate of drug-likeness (QED) is 0.905. The minimum Gasteiger partial charge on any atom is -0.387 e. The van der Waals surface area contributed by atoms with Crippen molar-refractivity contribution in [2.24, 2.45) is 0 Å². The molecule has 0 amide bonds. The minimum atomic E-state index is -0.408. The Morgan fingerprint density at radius 3 is 2.85 bits per heavy atom. The molecule has 2 heterocycles. The fourth-order valence-corrected chi connectivity index (χ4v) is 2.97. The molecule has 1 aromatic carbocycles. The highest BCUT2D eigenvalue weighted by atomic mass is 16.3. The van der Waals surface area contributed by atoms with Gasteiger partial charge in [0.1, 0.15) is 0 Å². The van der Waals surface area contributed by atoms with Crippen molar-refractivity contribution in [1.29, 1.82) is 0 Å². The second-order valence-corrected chi connectivity index (χ2v) is 5.45. The van der Waals surface area contributed by atoms with E-state index in [9.17, 15) is 5.11 Å². The number of aliphatic hydroxyl groups excluding tert-OH is 1. The van der Waals surface area contributed by atoms with Crippen LogP contribution < -0.4 is 0 Å². The van der Waals surface area contributed by atoms with Crippen LogP contribution in [-0.4, -0.2) is 38.9 Å². The lowest BCUT2D eigenvalue weighted by Crippen LogP contribution is -2.36. The number of hydrogen-bond donors (Lipinski definition) is 1. The van der Waals surface area contributed by atoms with E-state index in [-0.39, 0.29) is 0 Å². The zero-order valence-corrected chi connectivity index (χ0v) is 11.6. The third kappa shape index (κ3) is 3.08. The van der Waals surface area contributed by atoms with Gasteiger partial charge in [0.25, 0.3) is 0 Å². The van der Waals surface area contributed by atoms with Crippen LogP contribution in [0.25, 0.3) is 0 Å². The molecule has 4 nitrogen and oxygen atoms in total. The average Bonchev–Trinajstić information content (AvgIpc) is 3.13. The summed E-state index contributed by atoms with van der Waals surface area (Å²) in [4.78, 5) is 2.39. The number of nitrogens with zero attached hydrogens (tertiary/aromatic N) is 3. The normalized spacial score (nSPS) is 21.1. The fourth-order valence-electron chi connectivity index (χ4n) is 2.97. The molecule has 106 valence electrons. The summed E-state index contributed by atoms with van der Waals surface area (Å²) in [6, 6.07) is 12.3. The smallest absolute Gasteiger partial charge is 0.0917 e. The van der Waals surface area contributed by atoms with Gasteiger partial charge in [-0.25, -0.2) is 0 Å². The van der Waals surface area contributed by atoms with Crippen molar-refractivity contribution in [2.45, 2.75) is 31.5 Å². The maximum Gasteiger partial charge on any atom is 0.0917 e. The molecule has 0 unspecified atom stereocenters. The van der Waals surface area contributed by atoms with Gasteiger partial charge >= 0.3 is 0 Å². The molecular formula is C16H21N3O. The molecule has 0 spiro atoms. The molecule has 1 N–H and O–H groups in total. The fraction of sp³-hybridized carbons (Fsp3) is 0.438. The van der Waals surface area contributed by atoms with Crippen LogP contribution in [-0.2, 0) is 6.54 Å². The number of benzene rings is 1. The van der Waals surface area contributed by atoms with Crippen molar-refractivity contribution < 1.29 is 5.11 Å². The first kappa shape index (κ1) is 13.3. The summed E-state index contributed by atoms with van der Waals surface area (Å²) in [5, 5.41) is 14.6. The van der Waals surface area contributed by atoms with Crippen LogP contribution in [0, 0.1) is 0 Å². The van der Waals surface area contributed by atoms with Crippen LogP contribution in [0.5, 0.6) is 0 Å². The van der Waals surface area contributed by atoms with E-state index in [0.29, 0.717) is 12.6 Å². The SMILES string of the molecule is O[C@@H](CN1CCC[C@H]1Cn1cccn1)c1ccccc1. The summed E-state index contributed by atoms with van der Waals surface area (Å²) in [6.07, 6.45) is 5.80. The maximum absolute atomic E-state index is 10.4. The topological polar surface area (TPSA) is 41.3 Å². The van der Waals surface area contributed by atoms with E-state index in [0.717, 1.165) is 18.7 Å². The zero-order valence-electron chi connectivity index (χ0n) is 11.6. The van der Waals surface area contributed by atoms with Gasteiger partial charge in [-0.15, -0.1) is 0 Å². The number of hydrogen-bond acceptors (Lipinski definition) is 3. The average molecular weight is 271 g/mol. The second-order valence-electron chi connectivity index (χ2n) is 5.45. The molecule has 0 saturated carbocycles. The molecule has 4 heteroatoms. The van der Waals surface area contributed by atoms with E-state index < -0.39 is 6.10 Å². The Morgan fingerprint density at radius 1 is 1.25 bits per heavy atom. The maximum atomic E-state index is 10.4. The number of likely N-dealkylation sites (tertiary alicyclic amines) is 1. The van der Waals surface area contributed by atoms with Crippen LogP contribution in [0.3, 0.4) is 0 Å². The molecule has 3 rings (SSSR count). The van der Waals surface area contributed by atoms with Crippen LogP contribution >= 0.6 is 0 Å². The number of aromatic nitrogens is 2. The first-order valence-electron chi connectivity index (χ1n) is 7.27. The third-order valence-corrected chi connectivity index (χ3v) is 4.05. The molecule has 1 aliphatic rings. The van der Waals surface area contributed by atoms with Crippen molar-refractivity contribution in [3.63, 3.8) is 0 Å². The first-order chi connectivity index (χ1) is 9.83. The molecule has 20 heavy (non-hydrogen) atoms. The molecule has 1 saturated heterocycles. The first-order valence-corrected chi connectivity index (χ1v) is 7.27. The van der Waals surface area contributed by atoms with Gasteiger partial charge in [0.2, 0.25) is 0 Å². The lowest BCUT2D eigenvalue weighted by Gasteiger charge is -2.27. The lowest BCUT2D eigenvalue weighted by molar-refractivity contribution is 0.100. The number of β-amino-alcohol motifs (C(OH)–C–C–N with tert-alkyl or cyclic N) is 1. The summed E-state index contributed by atoms with van der Waals surface area (Å²) in [7, 11) is 0. The van der Waals surface area contributed by atoms with Crippen molar-refractivity contribution in [1.82, 2.24) is 14.7 Å². The van der Waals surface area contributed by atoms with Gasteiger partial charge < -0.3 is 5.11 Å². The highest BCUT2D eigenvalue weighted by Gasteiger charge is 2.26. The predicted molar refractivity (Wildman–Crippen MR) is 78.2 cm³/mol. The van der Waals surface area contributed by atoms with Gasteiger partial charge in [-0.1, -0.05) is 30.3 Å². The predicted octanol–water partition coefficient (Wildman–Crippen LogP) is 2.08. The highest BCUT2D eigenvalue weighted by Crippen LogP contribution is 2.22. The largest absolute Gasteiger partial charge is 0.387 e. The summed E-state index contributed by atoms with van der Waals surface area (Å²) in [5.41, 5.74) is 0.997. The molecule has 2 aromatic rings. The zero-order chi connectivity index (χ0) is 13.8. The van der Waals surface area contributed by atoms with Crippen LogP contribution in [0.15, 0.2) is 48.8 Å². The van der Waals surface area contributed by atoms with E-state index in [1.807, 2.05) is 53.5 Å². The van der Waals surface area contributed by atoms with Gasteiger partial charge in [-0.3, -0.25) is 9.58 Å². The summed E-state index contributed by atoms with van der Waals surface area (Å²) in [5.74, 6) is 0. The van der Waals surface area contributed by atoms with Crippen molar-refractivity contribution in [3.05, 3.63) is 54.4 Å². The molecule has 2 atom stereocenters. The molecular weight excluding hydrogens is 250 g/mol. The Morgan fingerprint density at radius 2 is 2.10 bits per heavy atom. The van der Waals surface area contributed by atoms with Crippen LogP contribution in [0.2, 0.25) is 0 Å². The highest BCUT2D eigenvalue weighted by molar-refractivity contribution is 5.17. The number of rotatable bonds is 5. The van der Waals surface area contributed by atoms with E-state index in [1.54, 1.807) is 0 Å². The Hall–Kier alpha value is -1.65. The molecule has 0 radical (unpaired) electrons. The third-order valence-electron chi connectivity index (χ3n) is 4.05. The lowest BCUT2D eigenvalue weighted by atomic mass is 10.1. The van der Waals surface area contributed by atoms with E-state index in [2.05, 4.69) is 10.00 Å². The van der Waals surface area contributed by atoms with Gasteiger partial charge in [0.05, 0.1) is 12.6 Å². The Labute approximate surface area is 119 Å². The molecule has 1 aromatic heterocycles. The van der Waals surface area contributed by atoms with Crippen LogP contribution in [0.1, 0.15) is 24.5 Å². The van der Waals surface area contributed by atoms with Crippen molar-refractivity contribution in [3.8, 4) is 0 Å². The Balaban J connectivity index is 1.61. The summed E-state index contributed by atoms with van der Waals surface area (Å²) < 4.78 is 1.98. The van der Waals surface area contributed by atoms with Gasteiger partial charge in [-0.05, 0) is 31.0 Å². The van der Waals surface area contributed by atoms with Gasteiger partial charge in [-0.2, -0.15) is 5.10 Å². The summed E-state index contributed by atoms with van der Waals surface area (Å²) >= 11 is 0. The Kier molecular flexibility index (Phi) is 4.14. The molecule has 0 bridgehead atoms. The van der Waals surface area contributed by atoms with Crippen LogP contribution in [0.4, 0.5) is 0 Å². The van der Waals surface area contributed by atoms with Gasteiger partial charge in [0, 0.05) is 25.0 Å². The summed E-state index contributed by atoms with van der Waals surface area (Å²) in [6.45, 7) is 2.68. The van der Waals surface area contributed by atoms with E-state index >= 15 is 0 Å². The van der Waals surface area contributed by atoms with Crippen molar-refractivity contribution >= 4 is 0 Å². The second kappa shape index (κ2) is 6.20. The molecule has 0 aliphatic carbocycles.